The summed E-state index contributed by atoms with van der Waals surface area (Å²) in [5, 5.41) is 10.8. The maximum Gasteiger partial charge on any atom is 0.227 e. The van der Waals surface area contributed by atoms with E-state index in [9.17, 15) is 9.90 Å². The first-order valence-corrected chi connectivity index (χ1v) is 7.48. The number of likely N-dealkylation sites (tertiary alicyclic amines) is 1. The van der Waals surface area contributed by atoms with E-state index in [0.717, 1.165) is 24.9 Å². The van der Waals surface area contributed by atoms with E-state index in [-0.39, 0.29) is 11.8 Å². The van der Waals surface area contributed by atoms with E-state index < -0.39 is 5.60 Å². The molecule has 1 atom stereocenters. The molecule has 0 radical (unpaired) electrons. The van der Waals surface area contributed by atoms with Crippen LogP contribution < -0.4 is 0 Å². The van der Waals surface area contributed by atoms with E-state index in [4.69, 9.17) is 11.6 Å². The van der Waals surface area contributed by atoms with E-state index in [1.54, 1.807) is 6.07 Å². The van der Waals surface area contributed by atoms with Crippen LogP contribution >= 0.6 is 11.6 Å². The molecular weight excluding hydrogens is 274 g/mol. The standard InChI is InChI=1S/C16H22ClNO2/c1-16(2,20)13-6-4-8-18(11-13)15(19)10-12-5-3-7-14(17)9-12/h3,5,7,9,13,20H,4,6,8,10-11H2,1-2H3/t13-/m0/s1. The van der Waals surface area contributed by atoms with Gasteiger partial charge in [0.05, 0.1) is 12.0 Å². The third kappa shape index (κ3) is 3.97. The van der Waals surface area contributed by atoms with E-state index in [1.165, 1.54) is 0 Å². The molecule has 1 aromatic carbocycles. The lowest BCUT2D eigenvalue weighted by Gasteiger charge is -2.38. The Kier molecular flexibility index (Phi) is 4.71. The summed E-state index contributed by atoms with van der Waals surface area (Å²) in [6, 6.07) is 7.42. The van der Waals surface area contributed by atoms with Crippen molar-refractivity contribution >= 4 is 17.5 Å². The van der Waals surface area contributed by atoms with Crippen LogP contribution in [0.5, 0.6) is 0 Å². The van der Waals surface area contributed by atoms with Gasteiger partial charge in [0.2, 0.25) is 5.91 Å². The molecule has 1 fully saturated rings. The number of aliphatic hydroxyl groups is 1. The summed E-state index contributed by atoms with van der Waals surface area (Å²) < 4.78 is 0. The molecule has 2 rings (SSSR count). The lowest BCUT2D eigenvalue weighted by molar-refractivity contribution is -0.134. The summed E-state index contributed by atoms with van der Waals surface area (Å²) in [5.74, 6) is 0.265. The van der Waals surface area contributed by atoms with Crippen LogP contribution in [0.2, 0.25) is 5.02 Å². The summed E-state index contributed by atoms with van der Waals surface area (Å²) in [4.78, 5) is 14.2. The normalized spacial score (nSPS) is 20.0. The molecule has 0 bridgehead atoms. The molecule has 0 spiro atoms. The average molecular weight is 296 g/mol. The van der Waals surface area contributed by atoms with Crippen LogP contribution in [-0.4, -0.2) is 34.6 Å². The van der Waals surface area contributed by atoms with Crippen molar-refractivity contribution in [3.05, 3.63) is 34.9 Å². The number of carbonyl (C=O) groups is 1. The molecule has 110 valence electrons. The topological polar surface area (TPSA) is 40.5 Å². The van der Waals surface area contributed by atoms with Gasteiger partial charge in [-0.15, -0.1) is 0 Å². The minimum absolute atomic E-state index is 0.112. The molecule has 0 unspecified atom stereocenters. The van der Waals surface area contributed by atoms with Crippen molar-refractivity contribution in [3.63, 3.8) is 0 Å². The third-order valence-corrected chi connectivity index (χ3v) is 4.25. The Balaban J connectivity index is 1.99. The van der Waals surface area contributed by atoms with Crippen LogP contribution in [0.25, 0.3) is 0 Å². The molecule has 4 heteroatoms. The van der Waals surface area contributed by atoms with Crippen molar-refractivity contribution in [2.45, 2.75) is 38.7 Å². The molecule has 1 amide bonds. The smallest absolute Gasteiger partial charge is 0.227 e. The van der Waals surface area contributed by atoms with E-state index >= 15 is 0 Å². The fourth-order valence-electron chi connectivity index (χ4n) is 2.71. The average Bonchev–Trinajstić information content (AvgIpc) is 2.38. The van der Waals surface area contributed by atoms with Gasteiger partial charge < -0.3 is 10.0 Å². The first kappa shape index (κ1) is 15.3. The van der Waals surface area contributed by atoms with Gasteiger partial charge in [0.15, 0.2) is 0 Å². The Labute approximate surface area is 125 Å². The quantitative estimate of drug-likeness (QED) is 0.931. The molecule has 1 saturated heterocycles. The van der Waals surface area contributed by atoms with Gasteiger partial charge in [0, 0.05) is 24.0 Å². The number of hydrogen-bond donors (Lipinski definition) is 1. The molecule has 0 saturated carbocycles. The highest BCUT2D eigenvalue weighted by Crippen LogP contribution is 2.27. The molecule has 1 aliphatic rings. The van der Waals surface area contributed by atoms with Crippen molar-refractivity contribution in [2.24, 2.45) is 5.92 Å². The molecule has 1 heterocycles. The van der Waals surface area contributed by atoms with E-state index in [0.29, 0.717) is 18.0 Å². The fraction of sp³-hybridized carbons (Fsp3) is 0.562. The minimum atomic E-state index is -0.727. The van der Waals surface area contributed by atoms with Crippen LogP contribution in [0.15, 0.2) is 24.3 Å². The lowest BCUT2D eigenvalue weighted by Crippen LogP contribution is -2.47. The Morgan fingerprint density at radius 2 is 2.25 bits per heavy atom. The molecule has 3 nitrogen and oxygen atoms in total. The van der Waals surface area contributed by atoms with Gasteiger partial charge >= 0.3 is 0 Å². The fourth-order valence-corrected chi connectivity index (χ4v) is 2.93. The van der Waals surface area contributed by atoms with Crippen molar-refractivity contribution in [1.29, 1.82) is 0 Å². The molecule has 0 aromatic heterocycles. The van der Waals surface area contributed by atoms with Crippen LogP contribution in [0.4, 0.5) is 0 Å². The van der Waals surface area contributed by atoms with Crippen LogP contribution in [-0.2, 0) is 11.2 Å². The molecule has 1 aromatic rings. The van der Waals surface area contributed by atoms with Gasteiger partial charge in [-0.05, 0) is 44.4 Å². The number of amides is 1. The summed E-state index contributed by atoms with van der Waals surface area (Å²) in [6.45, 7) is 5.07. The summed E-state index contributed by atoms with van der Waals surface area (Å²) in [6.07, 6.45) is 2.31. The highest BCUT2D eigenvalue weighted by molar-refractivity contribution is 6.30. The highest BCUT2D eigenvalue weighted by atomic mass is 35.5. The summed E-state index contributed by atoms with van der Waals surface area (Å²) >= 11 is 5.94. The van der Waals surface area contributed by atoms with Gasteiger partial charge in [-0.1, -0.05) is 23.7 Å². The molecule has 0 aliphatic carbocycles. The Bertz CT molecular complexity index is 482. The first-order chi connectivity index (χ1) is 9.36. The number of halogens is 1. The van der Waals surface area contributed by atoms with Crippen molar-refractivity contribution in [2.75, 3.05) is 13.1 Å². The van der Waals surface area contributed by atoms with Gasteiger partial charge in [0.1, 0.15) is 0 Å². The number of piperidine rings is 1. The van der Waals surface area contributed by atoms with Gasteiger partial charge in [-0.25, -0.2) is 0 Å². The predicted molar refractivity (Wildman–Crippen MR) is 80.8 cm³/mol. The highest BCUT2D eigenvalue weighted by Gasteiger charge is 2.32. The van der Waals surface area contributed by atoms with Gasteiger partial charge in [0.25, 0.3) is 0 Å². The maximum atomic E-state index is 12.4. The maximum absolute atomic E-state index is 12.4. The third-order valence-electron chi connectivity index (χ3n) is 4.02. The van der Waals surface area contributed by atoms with Crippen LogP contribution in [0.3, 0.4) is 0 Å². The number of nitrogens with zero attached hydrogens (tertiary/aromatic N) is 1. The van der Waals surface area contributed by atoms with Crippen molar-refractivity contribution in [3.8, 4) is 0 Å². The zero-order valence-corrected chi connectivity index (χ0v) is 12.9. The Morgan fingerprint density at radius 3 is 2.90 bits per heavy atom. The first-order valence-electron chi connectivity index (χ1n) is 7.11. The lowest BCUT2D eigenvalue weighted by atomic mass is 9.84. The largest absolute Gasteiger partial charge is 0.390 e. The summed E-state index contributed by atoms with van der Waals surface area (Å²) in [7, 11) is 0. The van der Waals surface area contributed by atoms with Crippen molar-refractivity contribution in [1.82, 2.24) is 4.90 Å². The number of carbonyl (C=O) groups excluding carboxylic acids is 1. The van der Waals surface area contributed by atoms with Gasteiger partial charge in [-0.3, -0.25) is 4.79 Å². The molecule has 1 aliphatic heterocycles. The van der Waals surface area contributed by atoms with Crippen LogP contribution in [0, 0.1) is 5.92 Å². The second-order valence-corrected chi connectivity index (χ2v) is 6.58. The Hall–Kier alpha value is -1.06. The van der Waals surface area contributed by atoms with E-state index in [2.05, 4.69) is 0 Å². The minimum Gasteiger partial charge on any atom is -0.390 e. The molecular formula is C16H22ClNO2. The summed E-state index contributed by atoms with van der Waals surface area (Å²) in [5.41, 5.74) is 0.211. The monoisotopic (exact) mass is 295 g/mol. The van der Waals surface area contributed by atoms with Crippen molar-refractivity contribution < 1.29 is 9.90 Å². The van der Waals surface area contributed by atoms with Gasteiger partial charge in [-0.2, -0.15) is 0 Å². The van der Waals surface area contributed by atoms with Crippen LogP contribution in [0.1, 0.15) is 32.3 Å². The SMILES string of the molecule is CC(C)(O)[C@H]1CCCN(C(=O)Cc2cccc(Cl)c2)C1. The molecule has 20 heavy (non-hydrogen) atoms. The predicted octanol–water partition coefficient (Wildman–Crippen LogP) is 2.89. The second kappa shape index (κ2) is 6.15. The molecule has 1 N–H and O–H groups in total. The zero-order chi connectivity index (χ0) is 14.8. The number of hydrogen-bond acceptors (Lipinski definition) is 2. The Morgan fingerprint density at radius 1 is 1.50 bits per heavy atom. The number of rotatable bonds is 3. The number of benzene rings is 1. The zero-order valence-electron chi connectivity index (χ0n) is 12.1. The van der Waals surface area contributed by atoms with E-state index in [1.807, 2.05) is 36.9 Å². The second-order valence-electron chi connectivity index (χ2n) is 6.14.